The number of hydrogen-bond acceptors (Lipinski definition) is 4. The highest BCUT2D eigenvalue weighted by Gasteiger charge is 2.13. The van der Waals surface area contributed by atoms with Gasteiger partial charge in [-0.1, -0.05) is 6.07 Å². The van der Waals surface area contributed by atoms with Gasteiger partial charge in [0, 0.05) is 30.4 Å². The average molecular weight is 235 g/mol. The number of nitrogens with zero attached hydrogens (tertiary/aromatic N) is 1. The van der Waals surface area contributed by atoms with E-state index in [0.717, 1.165) is 25.2 Å². The molecule has 1 aliphatic heterocycles. The second-order valence-electron chi connectivity index (χ2n) is 4.32. The van der Waals surface area contributed by atoms with E-state index in [0.29, 0.717) is 6.04 Å². The molecular formula is C12H17N3O2. The Morgan fingerprint density at radius 2 is 2.41 bits per heavy atom. The van der Waals surface area contributed by atoms with E-state index in [-0.39, 0.29) is 10.6 Å². The highest BCUT2D eigenvalue weighted by Crippen LogP contribution is 2.17. The molecule has 1 saturated heterocycles. The maximum absolute atomic E-state index is 10.6. The van der Waals surface area contributed by atoms with Crippen molar-refractivity contribution in [2.45, 2.75) is 25.3 Å². The lowest BCUT2D eigenvalue weighted by Crippen LogP contribution is -2.24. The molecule has 0 amide bonds. The Bertz CT molecular complexity index is 389. The van der Waals surface area contributed by atoms with Gasteiger partial charge in [0.2, 0.25) is 0 Å². The molecule has 0 spiro atoms. The Labute approximate surface area is 100 Å². The van der Waals surface area contributed by atoms with Crippen molar-refractivity contribution in [3.63, 3.8) is 0 Å². The lowest BCUT2D eigenvalue weighted by molar-refractivity contribution is -0.384. The second-order valence-corrected chi connectivity index (χ2v) is 4.32. The van der Waals surface area contributed by atoms with Gasteiger partial charge in [-0.2, -0.15) is 0 Å². The van der Waals surface area contributed by atoms with E-state index in [2.05, 4.69) is 10.6 Å². The number of non-ortho nitro benzene ring substituents is 1. The van der Waals surface area contributed by atoms with Crippen LogP contribution in [0.2, 0.25) is 0 Å². The molecule has 1 heterocycles. The van der Waals surface area contributed by atoms with Crippen LogP contribution in [0.4, 0.5) is 11.4 Å². The topological polar surface area (TPSA) is 67.2 Å². The minimum Gasteiger partial charge on any atom is -0.385 e. The van der Waals surface area contributed by atoms with Crippen LogP contribution in [0.25, 0.3) is 0 Å². The first-order chi connectivity index (χ1) is 8.25. The van der Waals surface area contributed by atoms with Crippen molar-refractivity contribution < 1.29 is 4.92 Å². The van der Waals surface area contributed by atoms with Crippen molar-refractivity contribution >= 4 is 11.4 Å². The van der Waals surface area contributed by atoms with E-state index in [9.17, 15) is 10.1 Å². The number of benzene rings is 1. The molecule has 92 valence electrons. The number of anilines is 1. The Morgan fingerprint density at radius 3 is 3.12 bits per heavy atom. The normalized spacial score (nSPS) is 19.2. The minimum absolute atomic E-state index is 0.133. The summed E-state index contributed by atoms with van der Waals surface area (Å²) in [5.74, 6) is 0. The number of nitro benzene ring substituents is 1. The molecule has 1 aromatic carbocycles. The fraction of sp³-hybridized carbons (Fsp3) is 0.500. The van der Waals surface area contributed by atoms with Crippen LogP contribution >= 0.6 is 0 Å². The Hall–Kier alpha value is -1.62. The molecule has 0 bridgehead atoms. The Balaban J connectivity index is 1.81. The van der Waals surface area contributed by atoms with Gasteiger partial charge < -0.3 is 10.6 Å². The summed E-state index contributed by atoms with van der Waals surface area (Å²) >= 11 is 0. The summed E-state index contributed by atoms with van der Waals surface area (Å²) in [6.07, 6.45) is 3.54. The van der Waals surface area contributed by atoms with E-state index in [4.69, 9.17) is 0 Å². The van der Waals surface area contributed by atoms with Gasteiger partial charge >= 0.3 is 0 Å². The van der Waals surface area contributed by atoms with E-state index in [1.807, 2.05) is 6.07 Å². The fourth-order valence-corrected chi connectivity index (χ4v) is 2.12. The molecule has 5 nitrogen and oxygen atoms in total. The predicted molar refractivity (Wildman–Crippen MR) is 67.2 cm³/mol. The zero-order chi connectivity index (χ0) is 12.1. The summed E-state index contributed by atoms with van der Waals surface area (Å²) in [6.45, 7) is 1.96. The van der Waals surface area contributed by atoms with E-state index >= 15 is 0 Å². The zero-order valence-corrected chi connectivity index (χ0v) is 9.69. The largest absolute Gasteiger partial charge is 0.385 e. The predicted octanol–water partition coefficient (Wildman–Crippen LogP) is 2.15. The highest BCUT2D eigenvalue weighted by molar-refractivity contribution is 5.50. The van der Waals surface area contributed by atoms with Crippen molar-refractivity contribution in [1.82, 2.24) is 5.32 Å². The molecule has 1 atom stereocenters. The summed E-state index contributed by atoms with van der Waals surface area (Å²) in [5.41, 5.74) is 0.950. The summed E-state index contributed by atoms with van der Waals surface area (Å²) in [7, 11) is 0. The van der Waals surface area contributed by atoms with Gasteiger partial charge in [-0.3, -0.25) is 10.1 Å². The molecule has 0 saturated carbocycles. The minimum atomic E-state index is -0.371. The van der Waals surface area contributed by atoms with Crippen LogP contribution in [-0.2, 0) is 0 Å². The van der Waals surface area contributed by atoms with Gasteiger partial charge in [0.25, 0.3) is 5.69 Å². The standard InChI is InChI=1S/C12H17N3O2/c16-15(17)12-5-1-3-11(9-12)14-8-6-10-4-2-7-13-10/h1,3,5,9-10,13-14H,2,4,6-8H2/t10-/m1/s1. The number of nitro groups is 1. The smallest absolute Gasteiger partial charge is 0.271 e. The molecule has 1 aliphatic rings. The summed E-state index contributed by atoms with van der Waals surface area (Å²) < 4.78 is 0. The quantitative estimate of drug-likeness (QED) is 0.606. The van der Waals surface area contributed by atoms with Crippen LogP contribution in [0, 0.1) is 10.1 Å². The van der Waals surface area contributed by atoms with Gasteiger partial charge in [0.1, 0.15) is 0 Å². The fourth-order valence-electron chi connectivity index (χ4n) is 2.12. The van der Waals surface area contributed by atoms with Gasteiger partial charge in [0.05, 0.1) is 4.92 Å². The molecule has 0 aliphatic carbocycles. The highest BCUT2D eigenvalue weighted by atomic mass is 16.6. The summed E-state index contributed by atoms with van der Waals surface area (Å²) in [5, 5.41) is 17.3. The lowest BCUT2D eigenvalue weighted by Gasteiger charge is -2.11. The van der Waals surface area contributed by atoms with E-state index < -0.39 is 0 Å². The van der Waals surface area contributed by atoms with Crippen molar-refractivity contribution in [2.24, 2.45) is 0 Å². The molecule has 0 aromatic heterocycles. The van der Waals surface area contributed by atoms with Crippen LogP contribution in [0.1, 0.15) is 19.3 Å². The average Bonchev–Trinajstić information content (AvgIpc) is 2.82. The number of nitrogens with one attached hydrogen (secondary N) is 2. The molecular weight excluding hydrogens is 218 g/mol. The maximum atomic E-state index is 10.6. The van der Waals surface area contributed by atoms with Crippen LogP contribution in [-0.4, -0.2) is 24.1 Å². The van der Waals surface area contributed by atoms with Crippen molar-refractivity contribution in [2.75, 3.05) is 18.4 Å². The van der Waals surface area contributed by atoms with Gasteiger partial charge in [0.15, 0.2) is 0 Å². The molecule has 17 heavy (non-hydrogen) atoms. The SMILES string of the molecule is O=[N+]([O-])c1cccc(NCC[C@H]2CCCN2)c1. The van der Waals surface area contributed by atoms with Gasteiger partial charge in [-0.05, 0) is 31.9 Å². The molecule has 1 aromatic rings. The second kappa shape index (κ2) is 5.63. The maximum Gasteiger partial charge on any atom is 0.271 e. The van der Waals surface area contributed by atoms with Crippen molar-refractivity contribution in [1.29, 1.82) is 0 Å². The third kappa shape index (κ3) is 3.42. The van der Waals surface area contributed by atoms with E-state index in [1.54, 1.807) is 12.1 Å². The molecule has 5 heteroatoms. The Morgan fingerprint density at radius 1 is 1.53 bits per heavy atom. The first-order valence-electron chi connectivity index (χ1n) is 5.97. The molecule has 0 radical (unpaired) electrons. The van der Waals surface area contributed by atoms with Crippen LogP contribution < -0.4 is 10.6 Å². The summed E-state index contributed by atoms with van der Waals surface area (Å²) in [4.78, 5) is 10.2. The first kappa shape index (κ1) is 11.9. The molecule has 1 fully saturated rings. The van der Waals surface area contributed by atoms with Crippen LogP contribution in [0.3, 0.4) is 0 Å². The number of hydrogen-bond donors (Lipinski definition) is 2. The van der Waals surface area contributed by atoms with E-state index in [1.165, 1.54) is 18.9 Å². The third-order valence-electron chi connectivity index (χ3n) is 3.04. The summed E-state index contributed by atoms with van der Waals surface area (Å²) in [6, 6.07) is 7.23. The number of rotatable bonds is 5. The van der Waals surface area contributed by atoms with Crippen molar-refractivity contribution in [3.05, 3.63) is 34.4 Å². The first-order valence-corrected chi connectivity index (χ1v) is 5.97. The molecule has 2 N–H and O–H groups in total. The zero-order valence-electron chi connectivity index (χ0n) is 9.69. The van der Waals surface area contributed by atoms with Gasteiger partial charge in [-0.15, -0.1) is 0 Å². The van der Waals surface area contributed by atoms with Crippen LogP contribution in [0.5, 0.6) is 0 Å². The van der Waals surface area contributed by atoms with Gasteiger partial charge in [-0.25, -0.2) is 0 Å². The third-order valence-corrected chi connectivity index (χ3v) is 3.04. The molecule has 0 unspecified atom stereocenters. The Kier molecular flexibility index (Phi) is 3.93. The lowest BCUT2D eigenvalue weighted by atomic mass is 10.1. The van der Waals surface area contributed by atoms with Crippen LogP contribution in [0.15, 0.2) is 24.3 Å². The van der Waals surface area contributed by atoms with Crippen molar-refractivity contribution in [3.8, 4) is 0 Å². The monoisotopic (exact) mass is 235 g/mol. The molecule has 2 rings (SSSR count).